The summed E-state index contributed by atoms with van der Waals surface area (Å²) in [5.74, 6) is -0.166. The van der Waals surface area contributed by atoms with Crippen LogP contribution in [0, 0.1) is 0 Å². The Morgan fingerprint density at radius 1 is 1.30 bits per heavy atom. The van der Waals surface area contributed by atoms with Gasteiger partial charge in [0.05, 0.1) is 19.3 Å². The van der Waals surface area contributed by atoms with Crippen LogP contribution < -0.4 is 16.1 Å². The van der Waals surface area contributed by atoms with Crippen LogP contribution >= 0.6 is 11.8 Å². The van der Waals surface area contributed by atoms with Crippen molar-refractivity contribution in [1.82, 2.24) is 30.7 Å². The maximum absolute atomic E-state index is 12.9. The van der Waals surface area contributed by atoms with Crippen LogP contribution in [0.2, 0.25) is 0 Å². The van der Waals surface area contributed by atoms with Gasteiger partial charge in [-0.2, -0.15) is 9.78 Å². The molecular weight excluding hydrogens is 442 g/mol. The molecule has 3 aromatic rings. The Balaban J connectivity index is 1.54. The number of quaternary nitrogens is 1. The van der Waals surface area contributed by atoms with Crippen LogP contribution in [0.4, 0.5) is 5.82 Å². The van der Waals surface area contributed by atoms with Gasteiger partial charge in [0.15, 0.2) is 5.69 Å². The number of nitrogens with zero attached hydrogens (tertiary/aromatic N) is 6. The Labute approximate surface area is 195 Å². The van der Waals surface area contributed by atoms with E-state index in [1.807, 2.05) is 30.5 Å². The first-order chi connectivity index (χ1) is 16.1. The van der Waals surface area contributed by atoms with Gasteiger partial charge in [-0.15, -0.1) is 16.9 Å². The van der Waals surface area contributed by atoms with E-state index in [4.69, 9.17) is 10.4 Å². The van der Waals surface area contributed by atoms with Crippen LogP contribution in [0.15, 0.2) is 38.9 Å². The van der Waals surface area contributed by atoms with E-state index in [1.54, 1.807) is 18.0 Å². The maximum atomic E-state index is 12.9. The van der Waals surface area contributed by atoms with Gasteiger partial charge in [0.2, 0.25) is 11.6 Å². The number of hydrogen-bond donors (Lipinski definition) is 3. The van der Waals surface area contributed by atoms with Crippen molar-refractivity contribution in [2.75, 3.05) is 19.0 Å². The SMILES string of the molecule is CSc1ccc(/C=N\NC(=O)c2nnn(-c3nonc3N)c2C[NH+](C)C2CCCCC2)cc1. The molecule has 1 aromatic carbocycles. The molecule has 1 aliphatic carbocycles. The number of carbonyl (C=O) groups is 1. The fourth-order valence-electron chi connectivity index (χ4n) is 4.06. The first-order valence-corrected chi connectivity index (χ1v) is 12.1. The molecule has 1 amide bonds. The van der Waals surface area contributed by atoms with Crippen LogP contribution in [-0.2, 0) is 6.54 Å². The maximum Gasteiger partial charge on any atom is 0.294 e. The van der Waals surface area contributed by atoms with E-state index < -0.39 is 5.91 Å². The Morgan fingerprint density at radius 2 is 2.06 bits per heavy atom. The molecule has 1 fully saturated rings. The standard InChI is InChI=1S/C21H27N9O2S/c1-29(15-6-4-3-5-7-15)13-17-18(24-28-30(17)20-19(22)26-32-27-20)21(31)25-23-12-14-8-10-16(33-2)11-9-14/h8-12,15H,3-7,13H2,1-2H3,(H2,22,26)(H,25,31)/p+1/b23-12-. The monoisotopic (exact) mass is 470 g/mol. The van der Waals surface area contributed by atoms with Crippen LogP contribution in [0.3, 0.4) is 0 Å². The molecule has 1 saturated carbocycles. The normalized spacial score (nSPS) is 15.7. The van der Waals surface area contributed by atoms with E-state index in [1.165, 1.54) is 28.8 Å². The number of nitrogens with two attached hydrogens (primary N) is 1. The molecule has 2 heterocycles. The number of benzene rings is 1. The van der Waals surface area contributed by atoms with Gasteiger partial charge in [-0.05, 0) is 59.9 Å². The zero-order chi connectivity index (χ0) is 23.2. The number of anilines is 1. The van der Waals surface area contributed by atoms with Gasteiger partial charge in [-0.1, -0.05) is 23.8 Å². The molecule has 0 saturated heterocycles. The van der Waals surface area contributed by atoms with Crippen molar-refractivity contribution in [1.29, 1.82) is 0 Å². The van der Waals surface area contributed by atoms with Crippen LogP contribution in [0.25, 0.3) is 5.82 Å². The van der Waals surface area contributed by atoms with Crippen molar-refractivity contribution >= 4 is 29.7 Å². The molecule has 33 heavy (non-hydrogen) atoms. The topological polar surface area (TPSA) is 142 Å². The number of amides is 1. The third-order valence-electron chi connectivity index (χ3n) is 5.92. The Morgan fingerprint density at radius 3 is 2.73 bits per heavy atom. The first kappa shape index (κ1) is 22.9. The second kappa shape index (κ2) is 10.6. The highest BCUT2D eigenvalue weighted by Gasteiger charge is 2.29. The van der Waals surface area contributed by atoms with E-state index >= 15 is 0 Å². The summed E-state index contributed by atoms with van der Waals surface area (Å²) in [5, 5.41) is 19.8. The Bertz CT molecular complexity index is 1100. The van der Waals surface area contributed by atoms with E-state index in [0.717, 1.165) is 23.3 Å². The first-order valence-electron chi connectivity index (χ1n) is 10.9. The van der Waals surface area contributed by atoms with Crippen LogP contribution in [0.1, 0.15) is 53.8 Å². The average Bonchev–Trinajstić information content (AvgIpc) is 3.45. The molecule has 0 spiro atoms. The molecule has 174 valence electrons. The zero-order valence-corrected chi connectivity index (χ0v) is 19.5. The van der Waals surface area contributed by atoms with Gasteiger partial charge in [-0.25, -0.2) is 10.1 Å². The quantitative estimate of drug-likeness (QED) is 0.252. The molecule has 1 aliphatic rings. The number of hydrogen-bond acceptors (Lipinski definition) is 9. The van der Waals surface area contributed by atoms with Gasteiger partial charge < -0.3 is 10.6 Å². The molecule has 0 bridgehead atoms. The second-order valence-corrected chi connectivity index (χ2v) is 8.98. The summed E-state index contributed by atoms with van der Waals surface area (Å²) in [4.78, 5) is 15.4. The smallest absolute Gasteiger partial charge is 0.294 e. The third-order valence-corrected chi connectivity index (χ3v) is 6.66. The van der Waals surface area contributed by atoms with Gasteiger partial charge in [-0.3, -0.25) is 4.79 Å². The lowest BCUT2D eigenvalue weighted by atomic mass is 9.94. The predicted molar refractivity (Wildman–Crippen MR) is 124 cm³/mol. The molecule has 4 rings (SSSR count). The van der Waals surface area contributed by atoms with Gasteiger partial charge in [0, 0.05) is 4.90 Å². The number of carbonyl (C=O) groups excluding carboxylic acids is 1. The molecule has 4 N–H and O–H groups in total. The highest BCUT2D eigenvalue weighted by atomic mass is 32.2. The van der Waals surface area contributed by atoms with E-state index in [-0.39, 0.29) is 17.3 Å². The van der Waals surface area contributed by atoms with Gasteiger partial charge >= 0.3 is 0 Å². The van der Waals surface area contributed by atoms with Gasteiger partial charge in [0.1, 0.15) is 12.2 Å². The predicted octanol–water partition coefficient (Wildman–Crippen LogP) is 1.07. The fourth-order valence-corrected chi connectivity index (χ4v) is 4.47. The summed E-state index contributed by atoms with van der Waals surface area (Å²) >= 11 is 1.66. The number of thioether (sulfide) groups is 1. The average molecular weight is 471 g/mol. The molecule has 2 aromatic heterocycles. The zero-order valence-electron chi connectivity index (χ0n) is 18.7. The van der Waals surface area contributed by atoms with Gasteiger partial charge in [0.25, 0.3) is 5.91 Å². The van der Waals surface area contributed by atoms with Crippen molar-refractivity contribution in [3.8, 4) is 5.82 Å². The minimum absolute atomic E-state index is 0.0788. The van der Waals surface area contributed by atoms with E-state index in [2.05, 4.69) is 38.2 Å². The molecule has 12 heteroatoms. The van der Waals surface area contributed by atoms with Crippen molar-refractivity contribution < 1.29 is 14.3 Å². The summed E-state index contributed by atoms with van der Waals surface area (Å²) in [7, 11) is 2.12. The van der Waals surface area contributed by atoms with Crippen molar-refractivity contribution in [2.24, 2.45) is 5.10 Å². The number of hydrazone groups is 1. The molecule has 1 atom stereocenters. The van der Waals surface area contributed by atoms with Crippen molar-refractivity contribution in [2.45, 2.75) is 49.6 Å². The highest BCUT2D eigenvalue weighted by molar-refractivity contribution is 7.98. The van der Waals surface area contributed by atoms with E-state index in [9.17, 15) is 4.79 Å². The third kappa shape index (κ3) is 5.40. The lowest BCUT2D eigenvalue weighted by Gasteiger charge is -2.28. The highest BCUT2D eigenvalue weighted by Crippen LogP contribution is 2.18. The number of aromatic nitrogens is 5. The minimum atomic E-state index is -0.459. The Kier molecular flexibility index (Phi) is 7.35. The van der Waals surface area contributed by atoms with Crippen molar-refractivity contribution in [3.05, 3.63) is 41.2 Å². The Hall–Kier alpha value is -3.25. The molecule has 0 aliphatic heterocycles. The molecule has 11 nitrogen and oxygen atoms in total. The van der Waals surface area contributed by atoms with Crippen LogP contribution in [0.5, 0.6) is 0 Å². The summed E-state index contributed by atoms with van der Waals surface area (Å²) < 4.78 is 6.16. The van der Waals surface area contributed by atoms with E-state index in [0.29, 0.717) is 18.3 Å². The second-order valence-electron chi connectivity index (χ2n) is 8.10. The molecule has 0 radical (unpaired) electrons. The lowest BCUT2D eigenvalue weighted by molar-refractivity contribution is -0.921. The fraction of sp³-hybridized carbons (Fsp3) is 0.429. The number of nitrogen functional groups attached to an aromatic ring is 1. The summed E-state index contributed by atoms with van der Waals surface area (Å²) in [6.07, 6.45) is 9.63. The summed E-state index contributed by atoms with van der Waals surface area (Å²) in [6, 6.07) is 8.38. The number of rotatable bonds is 8. The number of nitrogens with one attached hydrogen (secondary N) is 2. The molecular formula is C21H28N9O2S+. The largest absolute Gasteiger partial charge is 0.378 e. The molecule has 1 unspecified atom stereocenters. The van der Waals surface area contributed by atoms with Crippen molar-refractivity contribution in [3.63, 3.8) is 0 Å². The lowest BCUT2D eigenvalue weighted by Crippen LogP contribution is -3.11. The summed E-state index contributed by atoms with van der Waals surface area (Å²) in [6.45, 7) is 0.520. The van der Waals surface area contributed by atoms with Crippen LogP contribution in [-0.4, -0.2) is 56.8 Å². The summed E-state index contributed by atoms with van der Waals surface area (Å²) in [5.41, 5.74) is 10.1. The minimum Gasteiger partial charge on any atom is -0.378 e.